The summed E-state index contributed by atoms with van der Waals surface area (Å²) in [6.07, 6.45) is 4.14. The highest BCUT2D eigenvalue weighted by atomic mass is 28.3. The van der Waals surface area contributed by atoms with Crippen molar-refractivity contribution in [1.82, 2.24) is 15.0 Å². The van der Waals surface area contributed by atoms with Crippen molar-refractivity contribution in [2.45, 2.75) is 69.5 Å². The Balaban J connectivity index is 1.41. The van der Waals surface area contributed by atoms with Gasteiger partial charge in [0.2, 0.25) is 5.91 Å². The Morgan fingerprint density at radius 2 is 1.93 bits per heavy atom. The summed E-state index contributed by atoms with van der Waals surface area (Å²) in [6.45, 7) is 8.19. The van der Waals surface area contributed by atoms with Crippen LogP contribution in [0.1, 0.15) is 37.4 Å². The zero-order valence-electron chi connectivity index (χ0n) is 25.6. The van der Waals surface area contributed by atoms with Gasteiger partial charge in [-0.25, -0.2) is 0 Å². The number of methoxy groups -OCH3 is 1. The number of nitrogens with zero attached hydrogens (tertiary/aromatic N) is 5. The van der Waals surface area contributed by atoms with Crippen molar-refractivity contribution in [3.63, 3.8) is 0 Å². The van der Waals surface area contributed by atoms with Crippen LogP contribution in [0.3, 0.4) is 0 Å². The first-order valence-electron chi connectivity index (χ1n) is 15.2. The number of carbonyl (C=O) groups is 2. The van der Waals surface area contributed by atoms with Gasteiger partial charge < -0.3 is 24.4 Å². The van der Waals surface area contributed by atoms with Gasteiger partial charge in [0.15, 0.2) is 5.60 Å². The highest BCUT2D eigenvalue weighted by Crippen LogP contribution is 2.60. The Kier molecular flexibility index (Phi) is 7.68. The molecule has 0 bridgehead atoms. The summed E-state index contributed by atoms with van der Waals surface area (Å²) in [7, 11) is 1.22. The standard InChI is InChI=1S/C32H41N5O5Si/c1-21-30(43(4,5)25-11-9-24(41-3)10-12-25)28(14-17-36-20-22(15-18-38)33-34-36)42-32(21)26-19-23(37-16-6-7-29(37)39)8-13-27(26)35(2)31(32)40/h8-13,19-21,28,30,38H,6-7,14-18H2,1-5H3/t21-,28+,30-,32+/m0/s1. The number of hydrogen-bond acceptors (Lipinski definition) is 7. The average Bonchev–Trinajstić information content (AvgIpc) is 3.76. The molecule has 2 aromatic carbocycles. The molecule has 2 saturated heterocycles. The molecule has 3 aliphatic heterocycles. The van der Waals surface area contributed by atoms with Gasteiger partial charge >= 0.3 is 0 Å². The lowest BCUT2D eigenvalue weighted by Crippen LogP contribution is -2.51. The highest BCUT2D eigenvalue weighted by Gasteiger charge is 2.65. The third-order valence-corrected chi connectivity index (χ3v) is 14.3. The molecule has 1 N–H and O–H groups in total. The van der Waals surface area contributed by atoms with Crippen LogP contribution in [0.15, 0.2) is 48.7 Å². The van der Waals surface area contributed by atoms with Crippen LogP contribution >= 0.6 is 0 Å². The van der Waals surface area contributed by atoms with Crippen LogP contribution in [0.4, 0.5) is 11.4 Å². The van der Waals surface area contributed by atoms with Gasteiger partial charge in [0.05, 0.1) is 32.7 Å². The molecule has 0 aliphatic carbocycles. The van der Waals surface area contributed by atoms with Gasteiger partial charge in [-0.15, -0.1) is 5.10 Å². The minimum Gasteiger partial charge on any atom is -0.497 e. The summed E-state index contributed by atoms with van der Waals surface area (Å²) in [5, 5.41) is 19.1. The first-order valence-corrected chi connectivity index (χ1v) is 18.2. The van der Waals surface area contributed by atoms with Gasteiger partial charge in [-0.05, 0) is 48.7 Å². The molecule has 3 aromatic rings. The number of likely N-dealkylation sites (N-methyl/N-ethyl adjacent to an activating group) is 1. The molecular weight excluding hydrogens is 562 g/mol. The number of aliphatic hydroxyl groups excluding tert-OH is 1. The number of rotatable bonds is 9. The van der Waals surface area contributed by atoms with Gasteiger partial charge in [-0.1, -0.05) is 42.6 Å². The molecule has 2 amide bonds. The monoisotopic (exact) mass is 603 g/mol. The molecule has 43 heavy (non-hydrogen) atoms. The maximum atomic E-state index is 14.3. The number of hydrogen-bond donors (Lipinski definition) is 1. The van der Waals surface area contributed by atoms with E-state index in [2.05, 4.69) is 42.5 Å². The van der Waals surface area contributed by atoms with E-state index in [1.807, 2.05) is 48.5 Å². The fourth-order valence-corrected chi connectivity index (χ4v) is 11.8. The lowest BCUT2D eigenvalue weighted by Gasteiger charge is -2.37. The van der Waals surface area contributed by atoms with Crippen molar-refractivity contribution >= 4 is 36.4 Å². The number of ether oxygens (including phenoxy) is 2. The van der Waals surface area contributed by atoms with Crippen LogP contribution < -0.4 is 19.7 Å². The van der Waals surface area contributed by atoms with Gasteiger partial charge in [0.1, 0.15) is 5.75 Å². The molecular formula is C32H41N5O5Si. The molecule has 10 nitrogen and oxygen atoms in total. The SMILES string of the molecule is COc1ccc([Si](C)(C)[C@@H]2[C@@H](CCn3cc(CCO)nn3)O[C@]3(C(=O)N(C)c4ccc(N5CCCC5=O)cc43)[C@H]2C)cc1. The molecule has 2 fully saturated rings. The minimum absolute atomic E-state index is 0.0221. The van der Waals surface area contributed by atoms with Crippen molar-refractivity contribution in [2.75, 3.05) is 37.1 Å². The van der Waals surface area contributed by atoms with Crippen molar-refractivity contribution in [1.29, 1.82) is 0 Å². The normalized spacial score (nSPS) is 25.3. The Hall–Kier alpha value is -3.54. The number of benzene rings is 2. The van der Waals surface area contributed by atoms with Crippen molar-refractivity contribution in [3.05, 3.63) is 59.9 Å². The number of anilines is 2. The van der Waals surface area contributed by atoms with E-state index >= 15 is 0 Å². The van der Waals surface area contributed by atoms with E-state index in [0.29, 0.717) is 32.4 Å². The molecule has 6 rings (SSSR count). The van der Waals surface area contributed by atoms with Crippen LogP contribution in [0.25, 0.3) is 0 Å². The molecule has 1 aromatic heterocycles. The number of aromatic nitrogens is 3. The predicted octanol–water partition coefficient (Wildman–Crippen LogP) is 3.23. The Labute approximate surface area is 253 Å². The van der Waals surface area contributed by atoms with Crippen molar-refractivity contribution in [2.24, 2.45) is 5.92 Å². The maximum absolute atomic E-state index is 14.3. The second-order valence-electron chi connectivity index (χ2n) is 12.6. The summed E-state index contributed by atoms with van der Waals surface area (Å²) < 4.78 is 14.4. The van der Waals surface area contributed by atoms with Crippen LogP contribution in [-0.2, 0) is 32.9 Å². The number of amides is 2. The van der Waals surface area contributed by atoms with E-state index in [1.165, 1.54) is 5.19 Å². The van der Waals surface area contributed by atoms with Crippen LogP contribution in [-0.4, -0.2) is 73.4 Å². The van der Waals surface area contributed by atoms with Gasteiger partial charge in [-0.2, -0.15) is 0 Å². The molecule has 228 valence electrons. The number of carbonyl (C=O) groups excluding carboxylic acids is 2. The second-order valence-corrected chi connectivity index (χ2v) is 17.3. The van der Waals surface area contributed by atoms with E-state index in [4.69, 9.17) is 9.47 Å². The van der Waals surface area contributed by atoms with Crippen LogP contribution in [0.5, 0.6) is 5.75 Å². The summed E-state index contributed by atoms with van der Waals surface area (Å²) >= 11 is 0. The summed E-state index contributed by atoms with van der Waals surface area (Å²) in [5.74, 6) is 0.748. The van der Waals surface area contributed by atoms with Crippen molar-refractivity contribution in [3.8, 4) is 5.75 Å². The van der Waals surface area contributed by atoms with Crippen LogP contribution in [0, 0.1) is 5.92 Å². The van der Waals surface area contributed by atoms with E-state index in [-0.39, 0.29) is 36.0 Å². The van der Waals surface area contributed by atoms with Crippen LogP contribution in [0.2, 0.25) is 18.6 Å². The third kappa shape index (κ3) is 4.78. The fourth-order valence-electron chi connectivity index (χ4n) is 7.70. The Bertz CT molecular complexity index is 1520. The van der Waals surface area contributed by atoms with E-state index in [0.717, 1.165) is 34.8 Å². The van der Waals surface area contributed by atoms with E-state index in [9.17, 15) is 14.7 Å². The topological polar surface area (TPSA) is 110 Å². The maximum Gasteiger partial charge on any atom is 0.264 e. The van der Waals surface area contributed by atoms with Gasteiger partial charge in [0.25, 0.3) is 5.91 Å². The zero-order chi connectivity index (χ0) is 30.5. The van der Waals surface area contributed by atoms with E-state index < -0.39 is 13.7 Å². The van der Waals surface area contributed by atoms with Gasteiger partial charge in [-0.3, -0.25) is 14.3 Å². The highest BCUT2D eigenvalue weighted by molar-refractivity contribution is 6.91. The molecule has 1 spiro atoms. The number of aliphatic hydroxyl groups is 1. The first kappa shape index (κ1) is 29.5. The summed E-state index contributed by atoms with van der Waals surface area (Å²) in [4.78, 5) is 30.6. The minimum atomic E-state index is -2.26. The average molecular weight is 604 g/mol. The lowest BCUT2D eigenvalue weighted by molar-refractivity contribution is -0.145. The third-order valence-electron chi connectivity index (χ3n) is 9.93. The molecule has 3 aliphatic rings. The Morgan fingerprint density at radius 1 is 1.16 bits per heavy atom. The number of fused-ring (bicyclic) bond motifs is 2. The molecule has 0 radical (unpaired) electrons. The molecule has 11 heteroatoms. The second kappa shape index (κ2) is 11.2. The zero-order valence-corrected chi connectivity index (χ0v) is 26.6. The molecule has 0 saturated carbocycles. The Morgan fingerprint density at radius 3 is 2.60 bits per heavy atom. The smallest absolute Gasteiger partial charge is 0.264 e. The first-order chi connectivity index (χ1) is 20.6. The molecule has 4 heterocycles. The summed E-state index contributed by atoms with van der Waals surface area (Å²) in [5.41, 5.74) is 2.20. The predicted molar refractivity (Wildman–Crippen MR) is 166 cm³/mol. The largest absolute Gasteiger partial charge is 0.497 e. The lowest BCUT2D eigenvalue weighted by atomic mass is 9.82. The quantitative estimate of drug-likeness (QED) is 0.374. The summed E-state index contributed by atoms with van der Waals surface area (Å²) in [6, 6.07) is 14.3. The van der Waals surface area contributed by atoms with Gasteiger partial charge in [0, 0.05) is 63.0 Å². The molecule has 4 atom stereocenters. The fraction of sp³-hybridized carbons (Fsp3) is 0.500. The van der Waals surface area contributed by atoms with Crippen molar-refractivity contribution < 1.29 is 24.2 Å². The number of aryl methyl sites for hydroxylation is 1. The molecule has 0 unspecified atom stereocenters. The van der Waals surface area contributed by atoms with E-state index in [1.54, 1.807) is 16.7 Å².